The molecule has 0 fully saturated rings. The summed E-state index contributed by atoms with van der Waals surface area (Å²) >= 11 is 0. The molecule has 0 aliphatic heterocycles. The number of alkyl halides is 3. The van der Waals surface area contributed by atoms with Gasteiger partial charge in [0.25, 0.3) is 0 Å². The van der Waals surface area contributed by atoms with Crippen molar-refractivity contribution in [2.45, 2.75) is 26.1 Å². The van der Waals surface area contributed by atoms with E-state index in [9.17, 15) is 18.0 Å². The van der Waals surface area contributed by atoms with Crippen LogP contribution in [0.4, 0.5) is 19.0 Å². The van der Waals surface area contributed by atoms with Crippen LogP contribution in [0.3, 0.4) is 0 Å². The maximum Gasteiger partial charge on any atom is 0.416 e. The minimum absolute atomic E-state index is 0.0256. The number of aromatic nitrogens is 1. The zero-order valence-electron chi connectivity index (χ0n) is 9.95. The fourth-order valence-corrected chi connectivity index (χ4v) is 1.41. The predicted octanol–water partition coefficient (Wildman–Crippen LogP) is 2.02. The Hall–Kier alpha value is -1.79. The molecule has 0 aliphatic carbocycles. The average molecular weight is 261 g/mol. The molecule has 0 aliphatic rings. The maximum atomic E-state index is 12.5. The number of carbonyl (C=O) groups is 1. The minimum Gasteiger partial charge on any atom is -0.368 e. The number of pyridine rings is 1. The summed E-state index contributed by atoms with van der Waals surface area (Å²) in [5.74, 6) is -0.814. The summed E-state index contributed by atoms with van der Waals surface area (Å²) in [6, 6.07) is 0.944. The molecule has 0 saturated heterocycles. The highest BCUT2D eigenvalue weighted by Crippen LogP contribution is 2.30. The van der Waals surface area contributed by atoms with Crippen molar-refractivity contribution < 1.29 is 18.0 Å². The minimum atomic E-state index is -4.45. The van der Waals surface area contributed by atoms with E-state index in [0.717, 1.165) is 18.3 Å². The first kappa shape index (κ1) is 14.3. The quantitative estimate of drug-likeness (QED) is 0.871. The Bertz CT molecular complexity index is 432. The molecule has 1 amide bonds. The first-order valence-corrected chi connectivity index (χ1v) is 5.31. The van der Waals surface area contributed by atoms with Gasteiger partial charge in [0.15, 0.2) is 0 Å². The molecule has 1 heterocycles. The highest BCUT2D eigenvalue weighted by atomic mass is 19.4. The maximum absolute atomic E-state index is 12.5. The fraction of sp³-hybridized carbons (Fsp3) is 0.455. The van der Waals surface area contributed by atoms with Crippen molar-refractivity contribution in [2.75, 3.05) is 5.32 Å². The van der Waals surface area contributed by atoms with Crippen LogP contribution < -0.4 is 11.1 Å². The lowest BCUT2D eigenvalue weighted by Crippen LogP contribution is -2.39. The third kappa shape index (κ3) is 3.61. The monoisotopic (exact) mass is 261 g/mol. The second-order valence-corrected chi connectivity index (χ2v) is 4.20. The number of amides is 1. The van der Waals surface area contributed by atoms with E-state index in [1.165, 1.54) is 0 Å². The van der Waals surface area contributed by atoms with Gasteiger partial charge < -0.3 is 11.1 Å². The summed E-state index contributed by atoms with van der Waals surface area (Å²) in [6.07, 6.45) is -3.41. The largest absolute Gasteiger partial charge is 0.416 e. The van der Waals surface area contributed by atoms with Gasteiger partial charge in [-0.1, -0.05) is 13.8 Å². The fourth-order valence-electron chi connectivity index (χ4n) is 1.41. The lowest BCUT2D eigenvalue weighted by Gasteiger charge is -2.20. The third-order valence-electron chi connectivity index (χ3n) is 2.36. The summed E-state index contributed by atoms with van der Waals surface area (Å²) < 4.78 is 37.4. The van der Waals surface area contributed by atoms with E-state index < -0.39 is 23.7 Å². The lowest BCUT2D eigenvalue weighted by molar-refractivity contribution is -0.137. The Morgan fingerprint density at radius 1 is 1.44 bits per heavy atom. The summed E-state index contributed by atoms with van der Waals surface area (Å²) in [4.78, 5) is 14.9. The number of hydrogen-bond donors (Lipinski definition) is 2. The summed E-state index contributed by atoms with van der Waals surface area (Å²) in [5, 5.41) is 2.60. The molecule has 100 valence electrons. The molecule has 3 N–H and O–H groups in total. The zero-order valence-corrected chi connectivity index (χ0v) is 9.95. The number of rotatable bonds is 4. The van der Waals surface area contributed by atoms with Crippen molar-refractivity contribution in [1.29, 1.82) is 0 Å². The van der Waals surface area contributed by atoms with Crippen LogP contribution in [0, 0.1) is 5.92 Å². The Balaban J connectivity index is 2.94. The van der Waals surface area contributed by atoms with E-state index >= 15 is 0 Å². The molecule has 1 aromatic rings. The van der Waals surface area contributed by atoms with Crippen LogP contribution in [0.2, 0.25) is 0 Å². The van der Waals surface area contributed by atoms with Gasteiger partial charge in [-0.2, -0.15) is 13.2 Å². The van der Waals surface area contributed by atoms with Crippen molar-refractivity contribution in [2.24, 2.45) is 11.7 Å². The van der Waals surface area contributed by atoms with Gasteiger partial charge in [0.1, 0.15) is 11.9 Å². The Morgan fingerprint density at radius 3 is 2.50 bits per heavy atom. The number of nitrogens with two attached hydrogens (primary N) is 1. The second-order valence-electron chi connectivity index (χ2n) is 4.20. The topological polar surface area (TPSA) is 68.0 Å². The van der Waals surface area contributed by atoms with Crippen molar-refractivity contribution >= 4 is 11.7 Å². The van der Waals surface area contributed by atoms with Crippen molar-refractivity contribution in [1.82, 2.24) is 4.98 Å². The highest BCUT2D eigenvalue weighted by molar-refractivity contribution is 5.82. The van der Waals surface area contributed by atoms with Crippen molar-refractivity contribution in [3.05, 3.63) is 23.9 Å². The number of halogens is 3. The zero-order chi connectivity index (χ0) is 13.9. The molecule has 0 saturated carbocycles. The molecule has 7 heteroatoms. The number of nitrogens with zero attached hydrogens (tertiary/aromatic N) is 1. The molecule has 0 radical (unpaired) electrons. The molecule has 1 unspecified atom stereocenters. The van der Waals surface area contributed by atoms with Crippen molar-refractivity contribution in [3.8, 4) is 0 Å². The Kier molecular flexibility index (Phi) is 4.15. The number of hydrogen-bond acceptors (Lipinski definition) is 3. The van der Waals surface area contributed by atoms with Gasteiger partial charge in [-0.25, -0.2) is 4.98 Å². The van der Waals surface area contributed by atoms with Crippen LogP contribution in [0.25, 0.3) is 0 Å². The smallest absolute Gasteiger partial charge is 0.368 e. The molecular formula is C11H14F3N3O. The average Bonchev–Trinajstić information content (AvgIpc) is 2.24. The Labute approximate surface area is 102 Å². The molecule has 0 spiro atoms. The molecular weight excluding hydrogens is 247 g/mol. The van der Waals surface area contributed by atoms with E-state index in [1.807, 2.05) is 0 Å². The van der Waals surface area contributed by atoms with Crippen LogP contribution in [-0.4, -0.2) is 16.9 Å². The SMILES string of the molecule is CC(C)C(Nc1cc(C(F)(F)F)ccn1)C(N)=O. The van der Waals surface area contributed by atoms with Crippen LogP contribution in [0.5, 0.6) is 0 Å². The third-order valence-corrected chi connectivity index (χ3v) is 2.36. The normalized spacial score (nSPS) is 13.4. The van der Waals surface area contributed by atoms with Gasteiger partial charge in [-0.05, 0) is 18.1 Å². The van der Waals surface area contributed by atoms with Crippen LogP contribution in [-0.2, 0) is 11.0 Å². The van der Waals surface area contributed by atoms with Crippen LogP contribution >= 0.6 is 0 Å². The van der Waals surface area contributed by atoms with E-state index in [2.05, 4.69) is 10.3 Å². The molecule has 1 rings (SSSR count). The molecule has 1 atom stereocenters. The molecule has 0 aromatic carbocycles. The first-order chi connectivity index (χ1) is 8.21. The van der Waals surface area contributed by atoms with Gasteiger partial charge in [0, 0.05) is 6.20 Å². The number of carbonyl (C=O) groups excluding carboxylic acids is 1. The molecule has 0 bridgehead atoms. The van der Waals surface area contributed by atoms with Crippen LogP contribution in [0.1, 0.15) is 19.4 Å². The van der Waals surface area contributed by atoms with E-state index in [-0.39, 0.29) is 11.7 Å². The number of nitrogens with one attached hydrogen (secondary N) is 1. The summed E-state index contributed by atoms with van der Waals surface area (Å²) in [5.41, 5.74) is 4.33. The van der Waals surface area contributed by atoms with Gasteiger partial charge in [0.2, 0.25) is 5.91 Å². The van der Waals surface area contributed by atoms with E-state index in [4.69, 9.17) is 5.73 Å². The van der Waals surface area contributed by atoms with E-state index in [1.54, 1.807) is 13.8 Å². The predicted molar refractivity (Wildman–Crippen MR) is 60.7 cm³/mol. The highest BCUT2D eigenvalue weighted by Gasteiger charge is 2.31. The van der Waals surface area contributed by atoms with Gasteiger partial charge in [-0.3, -0.25) is 4.79 Å². The number of anilines is 1. The lowest BCUT2D eigenvalue weighted by atomic mass is 10.0. The molecule has 4 nitrogen and oxygen atoms in total. The number of primary amides is 1. The van der Waals surface area contributed by atoms with Gasteiger partial charge in [-0.15, -0.1) is 0 Å². The van der Waals surface area contributed by atoms with E-state index in [0.29, 0.717) is 0 Å². The Morgan fingerprint density at radius 2 is 2.06 bits per heavy atom. The van der Waals surface area contributed by atoms with Crippen molar-refractivity contribution in [3.63, 3.8) is 0 Å². The first-order valence-electron chi connectivity index (χ1n) is 5.31. The van der Waals surface area contributed by atoms with Gasteiger partial charge in [0.05, 0.1) is 5.56 Å². The summed E-state index contributed by atoms with van der Waals surface area (Å²) in [7, 11) is 0. The summed E-state index contributed by atoms with van der Waals surface area (Å²) in [6.45, 7) is 3.46. The second kappa shape index (κ2) is 5.24. The van der Waals surface area contributed by atoms with Gasteiger partial charge >= 0.3 is 6.18 Å². The molecule has 1 aromatic heterocycles. The standard InChI is InChI=1S/C11H14F3N3O/c1-6(2)9(10(15)18)17-8-5-7(3-4-16-8)11(12,13)14/h3-6,9H,1-2H3,(H2,15,18)(H,16,17). The van der Waals surface area contributed by atoms with Crippen LogP contribution in [0.15, 0.2) is 18.3 Å². The molecule has 18 heavy (non-hydrogen) atoms.